The van der Waals surface area contributed by atoms with Crippen LogP contribution in [0.1, 0.15) is 32.1 Å². The molecule has 0 aromatic carbocycles. The van der Waals surface area contributed by atoms with Gasteiger partial charge in [-0.3, -0.25) is 14.4 Å². The minimum Gasteiger partial charge on any atom is -0.480 e. The van der Waals surface area contributed by atoms with Gasteiger partial charge in [0.25, 0.3) is 0 Å². The lowest BCUT2D eigenvalue weighted by Crippen LogP contribution is -2.42. The molecule has 2 atom stereocenters. The molecule has 0 aliphatic carbocycles. The third-order valence-corrected chi connectivity index (χ3v) is 3.93. The number of rotatable bonds is 6. The van der Waals surface area contributed by atoms with E-state index in [2.05, 4.69) is 16.0 Å². The van der Waals surface area contributed by atoms with Gasteiger partial charge in [-0.15, -0.1) is 0 Å². The van der Waals surface area contributed by atoms with Crippen molar-refractivity contribution >= 4 is 17.8 Å². The highest BCUT2D eigenvalue weighted by atomic mass is 16.4. The number of nitrogens with one attached hydrogen (secondary N) is 3. The van der Waals surface area contributed by atoms with Crippen molar-refractivity contribution in [3.8, 4) is 0 Å². The van der Waals surface area contributed by atoms with Gasteiger partial charge in [0.2, 0.25) is 11.8 Å². The molecule has 2 bridgehead atoms. The van der Waals surface area contributed by atoms with Crippen LogP contribution in [0.25, 0.3) is 0 Å². The average molecular weight is 283 g/mol. The minimum absolute atomic E-state index is 0.137. The Labute approximate surface area is 117 Å². The molecule has 112 valence electrons. The maximum atomic E-state index is 11.8. The van der Waals surface area contributed by atoms with Crippen LogP contribution in [0.3, 0.4) is 0 Å². The predicted octanol–water partition coefficient (Wildman–Crippen LogP) is -0.776. The summed E-state index contributed by atoms with van der Waals surface area (Å²) in [6.07, 6.45) is 4.88. The Morgan fingerprint density at radius 3 is 2.20 bits per heavy atom. The number of amides is 2. The monoisotopic (exact) mass is 283 g/mol. The van der Waals surface area contributed by atoms with Crippen molar-refractivity contribution in [3.63, 3.8) is 0 Å². The van der Waals surface area contributed by atoms with Crippen molar-refractivity contribution in [2.45, 2.75) is 44.2 Å². The Kier molecular flexibility index (Phi) is 4.94. The smallest absolute Gasteiger partial charge is 0.322 e. The Morgan fingerprint density at radius 2 is 1.60 bits per heavy atom. The zero-order chi connectivity index (χ0) is 14.5. The van der Waals surface area contributed by atoms with Gasteiger partial charge >= 0.3 is 5.97 Å². The molecule has 0 spiro atoms. The minimum atomic E-state index is -1.10. The fourth-order valence-electron chi connectivity index (χ4n) is 3.09. The summed E-state index contributed by atoms with van der Waals surface area (Å²) in [7, 11) is 0. The van der Waals surface area contributed by atoms with Crippen LogP contribution >= 0.6 is 0 Å². The largest absolute Gasteiger partial charge is 0.480 e. The van der Waals surface area contributed by atoms with E-state index in [9.17, 15) is 14.4 Å². The van der Waals surface area contributed by atoms with E-state index in [0.717, 1.165) is 12.8 Å². The van der Waals surface area contributed by atoms with Gasteiger partial charge in [-0.1, -0.05) is 0 Å². The molecule has 2 unspecified atom stereocenters. The molecule has 4 N–H and O–H groups in total. The summed E-state index contributed by atoms with van der Waals surface area (Å²) in [6.45, 7) is -0.587. The van der Waals surface area contributed by atoms with Crippen molar-refractivity contribution in [2.75, 3.05) is 13.1 Å². The number of hydrogen-bond acceptors (Lipinski definition) is 4. The molecule has 0 radical (unpaired) electrons. The molecule has 2 heterocycles. The molecule has 2 fully saturated rings. The van der Waals surface area contributed by atoms with Crippen LogP contribution in [0.2, 0.25) is 0 Å². The van der Waals surface area contributed by atoms with E-state index in [1.54, 1.807) is 0 Å². The molecular weight excluding hydrogens is 262 g/mol. The molecule has 2 saturated heterocycles. The predicted molar refractivity (Wildman–Crippen MR) is 70.9 cm³/mol. The molecule has 0 aromatic rings. The van der Waals surface area contributed by atoms with E-state index < -0.39 is 18.4 Å². The van der Waals surface area contributed by atoms with Crippen LogP contribution in [0, 0.1) is 5.92 Å². The topological polar surface area (TPSA) is 108 Å². The van der Waals surface area contributed by atoms with Crippen molar-refractivity contribution in [1.82, 2.24) is 16.0 Å². The molecule has 2 aliphatic heterocycles. The summed E-state index contributed by atoms with van der Waals surface area (Å²) in [5, 5.41) is 16.7. The summed E-state index contributed by atoms with van der Waals surface area (Å²) in [5.41, 5.74) is 0. The molecule has 7 heteroatoms. The number of carboxylic acid groups (broad SMARTS) is 1. The molecule has 7 nitrogen and oxygen atoms in total. The summed E-state index contributed by atoms with van der Waals surface area (Å²) in [5.74, 6) is -1.33. The van der Waals surface area contributed by atoms with Crippen LogP contribution < -0.4 is 16.0 Å². The Bertz CT molecular complexity index is 387. The molecule has 0 saturated carbocycles. The fourth-order valence-corrected chi connectivity index (χ4v) is 3.09. The van der Waals surface area contributed by atoms with Crippen molar-refractivity contribution in [1.29, 1.82) is 0 Å². The van der Waals surface area contributed by atoms with Gasteiger partial charge < -0.3 is 21.1 Å². The van der Waals surface area contributed by atoms with E-state index in [-0.39, 0.29) is 12.5 Å². The molecule has 2 rings (SSSR count). The first-order chi connectivity index (χ1) is 9.52. The highest BCUT2D eigenvalue weighted by molar-refractivity contribution is 5.86. The molecule has 2 amide bonds. The van der Waals surface area contributed by atoms with Crippen LogP contribution in [-0.2, 0) is 14.4 Å². The zero-order valence-electron chi connectivity index (χ0n) is 11.4. The van der Waals surface area contributed by atoms with Gasteiger partial charge in [0, 0.05) is 18.5 Å². The van der Waals surface area contributed by atoms with Gasteiger partial charge in [-0.05, 0) is 31.6 Å². The standard InChI is InChI=1S/C13H21N3O4/c17-11(14-6-12(18)15-7-13(19)20)5-8-3-9-1-2-10(4-8)16-9/h8-10,16H,1-7H2,(H,14,17)(H,15,18)(H,19,20). The first-order valence-electron chi connectivity index (χ1n) is 7.04. The normalized spacial score (nSPS) is 27.9. The molecule has 2 aliphatic rings. The molecular formula is C13H21N3O4. The van der Waals surface area contributed by atoms with Crippen LogP contribution in [0.15, 0.2) is 0 Å². The number of piperidine rings is 1. The lowest BCUT2D eigenvalue weighted by Gasteiger charge is -2.28. The highest BCUT2D eigenvalue weighted by Gasteiger charge is 2.34. The van der Waals surface area contributed by atoms with E-state index >= 15 is 0 Å². The van der Waals surface area contributed by atoms with Crippen LogP contribution in [0.4, 0.5) is 0 Å². The van der Waals surface area contributed by atoms with Crippen molar-refractivity contribution < 1.29 is 19.5 Å². The maximum absolute atomic E-state index is 11.8. The Morgan fingerprint density at radius 1 is 1.00 bits per heavy atom. The second-order valence-corrected chi connectivity index (χ2v) is 5.63. The number of carbonyl (C=O) groups is 3. The van der Waals surface area contributed by atoms with Crippen LogP contribution in [0.5, 0.6) is 0 Å². The van der Waals surface area contributed by atoms with E-state index in [1.165, 1.54) is 12.8 Å². The summed E-state index contributed by atoms with van der Waals surface area (Å²) < 4.78 is 0. The van der Waals surface area contributed by atoms with E-state index in [4.69, 9.17) is 5.11 Å². The second kappa shape index (κ2) is 6.69. The number of carboxylic acids is 1. The van der Waals surface area contributed by atoms with E-state index in [1.807, 2.05) is 0 Å². The number of aliphatic carboxylic acids is 1. The average Bonchev–Trinajstić information content (AvgIpc) is 2.73. The maximum Gasteiger partial charge on any atom is 0.322 e. The first kappa shape index (κ1) is 14.8. The lowest BCUT2D eigenvalue weighted by atomic mass is 9.89. The molecule has 0 aromatic heterocycles. The summed E-state index contributed by atoms with van der Waals surface area (Å²) in [6, 6.07) is 1.09. The SMILES string of the molecule is O=C(O)CNC(=O)CNC(=O)CC1CC2CCC(C1)N2. The third-order valence-electron chi connectivity index (χ3n) is 3.93. The molecule has 20 heavy (non-hydrogen) atoms. The van der Waals surface area contributed by atoms with Gasteiger partial charge in [0.1, 0.15) is 6.54 Å². The Hall–Kier alpha value is -1.63. The quantitative estimate of drug-likeness (QED) is 0.512. The van der Waals surface area contributed by atoms with Crippen LogP contribution in [-0.4, -0.2) is 48.1 Å². The summed E-state index contributed by atoms with van der Waals surface area (Å²) >= 11 is 0. The highest BCUT2D eigenvalue weighted by Crippen LogP contribution is 2.32. The first-order valence-corrected chi connectivity index (χ1v) is 7.04. The van der Waals surface area contributed by atoms with Gasteiger partial charge in [-0.2, -0.15) is 0 Å². The Balaban J connectivity index is 1.63. The van der Waals surface area contributed by atoms with Gasteiger partial charge in [0.15, 0.2) is 0 Å². The van der Waals surface area contributed by atoms with Crippen molar-refractivity contribution in [3.05, 3.63) is 0 Å². The van der Waals surface area contributed by atoms with Crippen molar-refractivity contribution in [2.24, 2.45) is 5.92 Å². The van der Waals surface area contributed by atoms with Gasteiger partial charge in [0.05, 0.1) is 6.54 Å². The second-order valence-electron chi connectivity index (χ2n) is 5.63. The summed E-state index contributed by atoms with van der Waals surface area (Å²) in [4.78, 5) is 33.3. The number of carbonyl (C=O) groups excluding carboxylic acids is 2. The zero-order valence-corrected chi connectivity index (χ0v) is 11.4. The third kappa shape index (κ3) is 4.48. The lowest BCUT2D eigenvalue weighted by molar-refractivity contribution is -0.137. The fraction of sp³-hybridized carbons (Fsp3) is 0.769. The number of fused-ring (bicyclic) bond motifs is 2. The van der Waals surface area contributed by atoms with Gasteiger partial charge in [-0.25, -0.2) is 0 Å². The number of hydrogen-bond donors (Lipinski definition) is 4. The van der Waals surface area contributed by atoms with E-state index in [0.29, 0.717) is 24.4 Å².